The van der Waals surface area contributed by atoms with Gasteiger partial charge >= 0.3 is 6.03 Å². The van der Waals surface area contributed by atoms with E-state index in [0.717, 1.165) is 5.56 Å². The Hall–Kier alpha value is -1.60. The normalized spacial score (nSPS) is 13.5. The molecule has 1 aromatic carbocycles. The molecule has 0 bridgehead atoms. The number of nitrogens with one attached hydrogen (secondary N) is 2. The number of carbonyl (C=O) groups excluding carboxylic acids is 1. The third kappa shape index (κ3) is 7.33. The van der Waals surface area contributed by atoms with Crippen LogP contribution in [-0.2, 0) is 15.4 Å². The van der Waals surface area contributed by atoms with Crippen molar-refractivity contribution in [1.82, 2.24) is 14.9 Å². The molecule has 148 valence electrons. The van der Waals surface area contributed by atoms with E-state index in [1.807, 2.05) is 19.1 Å². The molecular formula is C19H33N3O3S. The van der Waals surface area contributed by atoms with Crippen LogP contribution in [0, 0.1) is 0 Å². The zero-order chi connectivity index (χ0) is 20.0. The van der Waals surface area contributed by atoms with Crippen molar-refractivity contribution >= 4 is 16.1 Å². The van der Waals surface area contributed by atoms with Gasteiger partial charge in [-0.1, -0.05) is 52.0 Å². The van der Waals surface area contributed by atoms with Gasteiger partial charge in [-0.15, -0.1) is 0 Å². The number of hydrogen-bond acceptors (Lipinski definition) is 3. The Kier molecular flexibility index (Phi) is 8.09. The van der Waals surface area contributed by atoms with E-state index in [1.165, 1.54) is 16.1 Å². The van der Waals surface area contributed by atoms with Crippen molar-refractivity contribution < 1.29 is 13.2 Å². The van der Waals surface area contributed by atoms with Crippen LogP contribution >= 0.6 is 0 Å². The van der Waals surface area contributed by atoms with Crippen molar-refractivity contribution in [3.63, 3.8) is 0 Å². The lowest BCUT2D eigenvalue weighted by Gasteiger charge is -2.21. The minimum atomic E-state index is -3.18. The van der Waals surface area contributed by atoms with E-state index < -0.39 is 10.0 Å². The quantitative estimate of drug-likeness (QED) is 0.677. The molecule has 0 fully saturated rings. The average Bonchev–Trinajstić information content (AvgIpc) is 2.52. The Balaban J connectivity index is 2.43. The van der Waals surface area contributed by atoms with E-state index in [9.17, 15) is 13.2 Å². The van der Waals surface area contributed by atoms with Crippen LogP contribution in [-0.4, -0.2) is 44.6 Å². The van der Waals surface area contributed by atoms with Crippen LogP contribution in [0.2, 0.25) is 0 Å². The molecule has 0 saturated heterocycles. The van der Waals surface area contributed by atoms with Gasteiger partial charge in [-0.05, 0) is 29.9 Å². The fourth-order valence-corrected chi connectivity index (χ4v) is 3.55. The zero-order valence-electron chi connectivity index (χ0n) is 16.8. The van der Waals surface area contributed by atoms with Crippen LogP contribution in [0.25, 0.3) is 0 Å². The smallest absolute Gasteiger partial charge is 0.315 e. The van der Waals surface area contributed by atoms with E-state index in [1.54, 1.807) is 6.92 Å². The first-order valence-electron chi connectivity index (χ1n) is 9.05. The van der Waals surface area contributed by atoms with Crippen LogP contribution in [0.1, 0.15) is 58.2 Å². The Labute approximate surface area is 158 Å². The van der Waals surface area contributed by atoms with Crippen LogP contribution in [0.15, 0.2) is 24.3 Å². The highest BCUT2D eigenvalue weighted by molar-refractivity contribution is 7.88. The lowest BCUT2D eigenvalue weighted by atomic mass is 9.86. The average molecular weight is 384 g/mol. The summed E-state index contributed by atoms with van der Waals surface area (Å²) in [4.78, 5) is 12.0. The van der Waals surface area contributed by atoms with E-state index >= 15 is 0 Å². The third-order valence-electron chi connectivity index (χ3n) is 4.32. The number of sulfonamides is 1. The molecule has 0 saturated carbocycles. The molecule has 0 aliphatic heterocycles. The fraction of sp³-hybridized carbons (Fsp3) is 0.632. The monoisotopic (exact) mass is 383 g/mol. The summed E-state index contributed by atoms with van der Waals surface area (Å²) in [6.45, 7) is 11.5. The molecule has 7 heteroatoms. The maximum Gasteiger partial charge on any atom is 0.315 e. The first-order chi connectivity index (χ1) is 11.9. The summed E-state index contributed by atoms with van der Waals surface area (Å²) in [6.07, 6.45) is 1.77. The molecule has 0 radical (unpaired) electrons. The number of carbonyl (C=O) groups is 1. The van der Waals surface area contributed by atoms with Crippen LogP contribution < -0.4 is 10.6 Å². The predicted molar refractivity (Wildman–Crippen MR) is 107 cm³/mol. The number of nitrogens with zero attached hydrogens (tertiary/aromatic N) is 1. The maximum atomic E-state index is 12.0. The predicted octanol–water partition coefficient (Wildman–Crippen LogP) is 3.02. The Morgan fingerprint density at radius 1 is 1.19 bits per heavy atom. The molecule has 1 aromatic rings. The van der Waals surface area contributed by atoms with Gasteiger partial charge in [0.1, 0.15) is 0 Å². The van der Waals surface area contributed by atoms with Gasteiger partial charge < -0.3 is 10.6 Å². The van der Waals surface area contributed by atoms with Gasteiger partial charge in [0.25, 0.3) is 0 Å². The molecule has 1 rings (SSSR count). The second kappa shape index (κ2) is 9.37. The first-order valence-corrected chi connectivity index (χ1v) is 10.9. The molecule has 26 heavy (non-hydrogen) atoms. The molecule has 0 heterocycles. The van der Waals surface area contributed by atoms with E-state index in [2.05, 4.69) is 43.5 Å². The third-order valence-corrected chi connectivity index (χ3v) is 5.69. The molecule has 0 aliphatic carbocycles. The summed E-state index contributed by atoms with van der Waals surface area (Å²) in [7, 11) is -3.18. The van der Waals surface area contributed by atoms with Crippen LogP contribution in [0.5, 0.6) is 0 Å². The van der Waals surface area contributed by atoms with Gasteiger partial charge in [-0.25, -0.2) is 17.5 Å². The summed E-state index contributed by atoms with van der Waals surface area (Å²) in [6, 6.07) is 7.91. The highest BCUT2D eigenvalue weighted by atomic mass is 32.2. The number of hydrogen-bond donors (Lipinski definition) is 2. The van der Waals surface area contributed by atoms with Crippen molar-refractivity contribution in [1.29, 1.82) is 0 Å². The van der Waals surface area contributed by atoms with Crippen molar-refractivity contribution in [2.45, 2.75) is 52.5 Å². The van der Waals surface area contributed by atoms with E-state index in [-0.39, 0.29) is 17.5 Å². The highest BCUT2D eigenvalue weighted by Gasteiger charge is 2.15. The molecular weight excluding hydrogens is 350 g/mol. The molecule has 1 atom stereocenters. The molecule has 0 aromatic heterocycles. The Bertz CT molecular complexity index is 679. The second-order valence-corrected chi connectivity index (χ2v) is 9.58. The topological polar surface area (TPSA) is 78.5 Å². The minimum absolute atomic E-state index is 0.102. The highest BCUT2D eigenvalue weighted by Crippen LogP contribution is 2.23. The van der Waals surface area contributed by atoms with Gasteiger partial charge in [0, 0.05) is 19.6 Å². The standard InChI is InChI=1S/C19H33N3O3S/c1-7-22(26(6,24)25)14-8-13-20-18(23)21-15(2)16-9-11-17(12-10-16)19(3,4)5/h9-12,15H,7-8,13-14H2,1-6H3,(H2,20,21,23). The second-order valence-electron chi connectivity index (χ2n) is 7.60. The SMILES string of the molecule is CCN(CCCNC(=O)NC(C)c1ccc(C(C)(C)C)cc1)S(C)(=O)=O. The van der Waals surface area contributed by atoms with Crippen LogP contribution in [0.4, 0.5) is 4.79 Å². The molecule has 6 nitrogen and oxygen atoms in total. The molecule has 2 amide bonds. The molecule has 0 aliphatic rings. The molecule has 1 unspecified atom stereocenters. The Morgan fingerprint density at radius 2 is 1.77 bits per heavy atom. The van der Waals surface area contributed by atoms with Crippen molar-refractivity contribution in [2.24, 2.45) is 0 Å². The summed E-state index contributed by atoms with van der Waals surface area (Å²) >= 11 is 0. The van der Waals surface area contributed by atoms with Crippen molar-refractivity contribution in [2.75, 3.05) is 25.9 Å². The molecule has 0 spiro atoms. The van der Waals surface area contributed by atoms with E-state index in [0.29, 0.717) is 26.1 Å². The molecule has 2 N–H and O–H groups in total. The first kappa shape index (κ1) is 22.4. The van der Waals surface area contributed by atoms with Gasteiger partial charge in [-0.3, -0.25) is 0 Å². The lowest BCUT2D eigenvalue weighted by Crippen LogP contribution is -2.39. The number of amides is 2. The van der Waals surface area contributed by atoms with Crippen molar-refractivity contribution in [3.8, 4) is 0 Å². The summed E-state index contributed by atoms with van der Waals surface area (Å²) in [5, 5.41) is 5.68. The number of rotatable bonds is 8. The van der Waals surface area contributed by atoms with E-state index in [4.69, 9.17) is 0 Å². The summed E-state index contributed by atoms with van der Waals surface area (Å²) < 4.78 is 24.4. The zero-order valence-corrected chi connectivity index (χ0v) is 17.6. The largest absolute Gasteiger partial charge is 0.338 e. The van der Waals surface area contributed by atoms with Gasteiger partial charge in [-0.2, -0.15) is 0 Å². The fourth-order valence-electron chi connectivity index (χ4n) is 2.62. The number of urea groups is 1. The number of benzene rings is 1. The van der Waals surface area contributed by atoms with Crippen LogP contribution in [0.3, 0.4) is 0 Å². The Morgan fingerprint density at radius 3 is 2.23 bits per heavy atom. The van der Waals surface area contributed by atoms with Gasteiger partial charge in [0.15, 0.2) is 0 Å². The van der Waals surface area contributed by atoms with Crippen molar-refractivity contribution in [3.05, 3.63) is 35.4 Å². The minimum Gasteiger partial charge on any atom is -0.338 e. The summed E-state index contributed by atoms with van der Waals surface area (Å²) in [5.41, 5.74) is 2.40. The lowest BCUT2D eigenvalue weighted by molar-refractivity contribution is 0.237. The maximum absolute atomic E-state index is 12.0. The van der Waals surface area contributed by atoms with Gasteiger partial charge in [0.2, 0.25) is 10.0 Å². The van der Waals surface area contributed by atoms with Gasteiger partial charge in [0.05, 0.1) is 12.3 Å². The summed E-state index contributed by atoms with van der Waals surface area (Å²) in [5.74, 6) is 0.